The SMILES string of the molecule is C#CCNc1cc2c(cc1Br)OCCO2. The summed E-state index contributed by atoms with van der Waals surface area (Å²) in [7, 11) is 0. The number of nitrogens with one attached hydrogen (secondary N) is 1. The highest BCUT2D eigenvalue weighted by molar-refractivity contribution is 9.10. The van der Waals surface area contributed by atoms with Crippen LogP contribution in [0.15, 0.2) is 16.6 Å². The largest absolute Gasteiger partial charge is 0.486 e. The molecule has 0 saturated carbocycles. The molecule has 1 heterocycles. The molecule has 15 heavy (non-hydrogen) atoms. The molecule has 1 N–H and O–H groups in total. The number of terminal acetylenes is 1. The fourth-order valence-corrected chi connectivity index (χ4v) is 1.81. The third-order valence-corrected chi connectivity index (χ3v) is 2.67. The fraction of sp³-hybridized carbons (Fsp3) is 0.273. The summed E-state index contributed by atoms with van der Waals surface area (Å²) < 4.78 is 11.8. The Morgan fingerprint density at radius 2 is 2.00 bits per heavy atom. The molecule has 3 nitrogen and oxygen atoms in total. The Morgan fingerprint density at radius 1 is 1.33 bits per heavy atom. The van der Waals surface area contributed by atoms with Gasteiger partial charge in [0.05, 0.1) is 12.2 Å². The number of anilines is 1. The van der Waals surface area contributed by atoms with E-state index in [1.807, 2.05) is 12.1 Å². The molecule has 0 fully saturated rings. The Balaban J connectivity index is 2.28. The van der Waals surface area contributed by atoms with Crippen molar-refractivity contribution < 1.29 is 9.47 Å². The first-order valence-corrected chi connectivity index (χ1v) is 5.37. The molecule has 0 radical (unpaired) electrons. The van der Waals surface area contributed by atoms with E-state index in [0.29, 0.717) is 19.8 Å². The van der Waals surface area contributed by atoms with Gasteiger partial charge >= 0.3 is 0 Å². The molecule has 4 heteroatoms. The molecule has 1 aliphatic heterocycles. The third-order valence-electron chi connectivity index (χ3n) is 2.01. The molecule has 78 valence electrons. The molecule has 0 bridgehead atoms. The van der Waals surface area contributed by atoms with E-state index in [1.165, 1.54) is 0 Å². The molecule has 1 aromatic carbocycles. The minimum absolute atomic E-state index is 0.484. The molecule has 2 rings (SSSR count). The second kappa shape index (κ2) is 4.45. The summed E-state index contributed by atoms with van der Waals surface area (Å²) in [5.41, 5.74) is 0.914. The summed E-state index contributed by atoms with van der Waals surface area (Å²) >= 11 is 3.44. The van der Waals surface area contributed by atoms with E-state index in [0.717, 1.165) is 21.7 Å². The van der Waals surface area contributed by atoms with Crippen LogP contribution in [0.1, 0.15) is 0 Å². The van der Waals surface area contributed by atoms with Crippen LogP contribution < -0.4 is 14.8 Å². The summed E-state index contributed by atoms with van der Waals surface area (Å²) in [5.74, 6) is 4.04. The number of hydrogen-bond donors (Lipinski definition) is 1. The molecule has 0 saturated heterocycles. The maximum Gasteiger partial charge on any atom is 0.163 e. The second-order valence-corrected chi connectivity index (χ2v) is 3.89. The normalized spacial score (nSPS) is 13.1. The van der Waals surface area contributed by atoms with E-state index in [-0.39, 0.29) is 0 Å². The zero-order chi connectivity index (χ0) is 10.7. The van der Waals surface area contributed by atoms with Crippen LogP contribution in [0, 0.1) is 12.3 Å². The lowest BCUT2D eigenvalue weighted by molar-refractivity contribution is 0.171. The van der Waals surface area contributed by atoms with Gasteiger partial charge in [0.1, 0.15) is 13.2 Å². The average molecular weight is 268 g/mol. The fourth-order valence-electron chi connectivity index (χ4n) is 1.35. The van der Waals surface area contributed by atoms with E-state index in [4.69, 9.17) is 15.9 Å². The Labute approximate surface area is 96.9 Å². The van der Waals surface area contributed by atoms with Crippen molar-refractivity contribution in [2.45, 2.75) is 0 Å². The highest BCUT2D eigenvalue weighted by Gasteiger charge is 2.14. The first-order valence-electron chi connectivity index (χ1n) is 4.58. The topological polar surface area (TPSA) is 30.5 Å². The summed E-state index contributed by atoms with van der Waals surface area (Å²) in [6.07, 6.45) is 5.18. The molecule has 1 aliphatic rings. The number of hydrogen-bond acceptors (Lipinski definition) is 3. The minimum Gasteiger partial charge on any atom is -0.486 e. The van der Waals surface area contributed by atoms with E-state index >= 15 is 0 Å². The minimum atomic E-state index is 0.484. The Morgan fingerprint density at radius 3 is 2.67 bits per heavy atom. The van der Waals surface area contributed by atoms with Gasteiger partial charge in [-0.1, -0.05) is 5.92 Å². The maximum absolute atomic E-state index is 5.46. The van der Waals surface area contributed by atoms with Gasteiger partial charge < -0.3 is 14.8 Å². The summed E-state index contributed by atoms with van der Waals surface area (Å²) in [5, 5.41) is 3.09. The highest BCUT2D eigenvalue weighted by Crippen LogP contribution is 2.37. The molecule has 0 aromatic heterocycles. The number of halogens is 1. The number of fused-ring (bicyclic) bond motifs is 1. The van der Waals surface area contributed by atoms with Crippen LogP contribution in [0.4, 0.5) is 5.69 Å². The van der Waals surface area contributed by atoms with Gasteiger partial charge in [0.25, 0.3) is 0 Å². The van der Waals surface area contributed by atoms with Gasteiger partial charge in [-0.3, -0.25) is 0 Å². The van der Waals surface area contributed by atoms with Crippen LogP contribution in [0.5, 0.6) is 11.5 Å². The molecule has 0 atom stereocenters. The van der Waals surface area contributed by atoms with Gasteiger partial charge in [0.15, 0.2) is 11.5 Å². The van der Waals surface area contributed by atoms with Gasteiger partial charge in [-0.15, -0.1) is 6.42 Å². The van der Waals surface area contributed by atoms with Gasteiger partial charge in [-0.25, -0.2) is 0 Å². The molecule has 0 amide bonds. The lowest BCUT2D eigenvalue weighted by Crippen LogP contribution is -2.15. The van der Waals surface area contributed by atoms with Crippen LogP contribution in [-0.2, 0) is 0 Å². The van der Waals surface area contributed by atoms with Crippen molar-refractivity contribution in [1.82, 2.24) is 0 Å². The first-order chi connectivity index (χ1) is 7.31. The second-order valence-electron chi connectivity index (χ2n) is 3.03. The number of benzene rings is 1. The first kappa shape index (κ1) is 10.2. The van der Waals surface area contributed by atoms with Gasteiger partial charge in [-0.05, 0) is 15.9 Å². The van der Waals surface area contributed by atoms with Crippen molar-refractivity contribution in [1.29, 1.82) is 0 Å². The van der Waals surface area contributed by atoms with Crippen LogP contribution in [0.25, 0.3) is 0 Å². The maximum atomic E-state index is 5.46. The number of ether oxygens (including phenoxy) is 2. The lowest BCUT2D eigenvalue weighted by atomic mass is 10.2. The van der Waals surface area contributed by atoms with Gasteiger partial charge in [0, 0.05) is 16.6 Å². The lowest BCUT2D eigenvalue weighted by Gasteiger charge is -2.20. The molecule has 1 aromatic rings. The van der Waals surface area contributed by atoms with Crippen LogP contribution in [0.2, 0.25) is 0 Å². The van der Waals surface area contributed by atoms with Crippen molar-refractivity contribution >= 4 is 21.6 Å². The predicted molar refractivity (Wildman–Crippen MR) is 62.5 cm³/mol. The zero-order valence-electron chi connectivity index (χ0n) is 8.05. The Hall–Kier alpha value is -1.34. The van der Waals surface area contributed by atoms with E-state index in [1.54, 1.807) is 0 Å². The van der Waals surface area contributed by atoms with Crippen LogP contribution in [0.3, 0.4) is 0 Å². The van der Waals surface area contributed by atoms with Crippen molar-refractivity contribution in [3.05, 3.63) is 16.6 Å². The smallest absolute Gasteiger partial charge is 0.163 e. The zero-order valence-corrected chi connectivity index (χ0v) is 9.63. The highest BCUT2D eigenvalue weighted by atomic mass is 79.9. The van der Waals surface area contributed by atoms with Gasteiger partial charge in [0.2, 0.25) is 0 Å². The van der Waals surface area contributed by atoms with Crippen LogP contribution in [-0.4, -0.2) is 19.8 Å². The van der Waals surface area contributed by atoms with E-state index in [9.17, 15) is 0 Å². The average Bonchev–Trinajstić information content (AvgIpc) is 2.26. The quantitative estimate of drug-likeness (QED) is 0.834. The summed E-state index contributed by atoms with van der Waals surface area (Å²) in [6.45, 7) is 1.66. The molecular formula is C11H10BrNO2. The van der Waals surface area contributed by atoms with Crippen LogP contribution >= 0.6 is 15.9 Å². The molecule has 0 unspecified atom stereocenters. The predicted octanol–water partition coefficient (Wildman–Crippen LogP) is 2.27. The molecule has 0 aliphatic carbocycles. The summed E-state index contributed by atoms with van der Waals surface area (Å²) in [6, 6.07) is 3.77. The van der Waals surface area contributed by atoms with Gasteiger partial charge in [-0.2, -0.15) is 0 Å². The van der Waals surface area contributed by atoms with Crippen molar-refractivity contribution in [3.8, 4) is 23.8 Å². The summed E-state index contributed by atoms with van der Waals surface area (Å²) in [4.78, 5) is 0. The Bertz CT molecular complexity index is 412. The van der Waals surface area contributed by atoms with E-state index < -0.39 is 0 Å². The molecular weight excluding hydrogens is 258 g/mol. The van der Waals surface area contributed by atoms with Crippen molar-refractivity contribution in [2.24, 2.45) is 0 Å². The van der Waals surface area contributed by atoms with Crippen molar-refractivity contribution in [2.75, 3.05) is 25.1 Å². The number of rotatable bonds is 2. The van der Waals surface area contributed by atoms with Crippen molar-refractivity contribution in [3.63, 3.8) is 0 Å². The van der Waals surface area contributed by atoms with E-state index in [2.05, 4.69) is 27.2 Å². The third kappa shape index (κ3) is 2.18. The monoisotopic (exact) mass is 267 g/mol. The molecule has 0 spiro atoms. The Kier molecular flexibility index (Phi) is 3.02. The standard InChI is InChI=1S/C11H10BrNO2/c1-2-3-13-9-7-11-10(6-8(9)12)14-4-5-15-11/h1,6-7,13H,3-5H2.